The number of benzene rings is 1. The van der Waals surface area contributed by atoms with Gasteiger partial charge in [0.2, 0.25) is 5.91 Å². The van der Waals surface area contributed by atoms with Crippen molar-refractivity contribution in [3.8, 4) is 0 Å². The van der Waals surface area contributed by atoms with Crippen LogP contribution in [0.25, 0.3) is 0 Å². The average molecular weight is 307 g/mol. The molecule has 1 heterocycles. The Kier molecular flexibility index (Phi) is 4.64. The molecule has 1 fully saturated rings. The summed E-state index contributed by atoms with van der Waals surface area (Å²) in [6.45, 7) is 6.05. The van der Waals surface area contributed by atoms with Crippen LogP contribution in [0.3, 0.4) is 0 Å². The van der Waals surface area contributed by atoms with Crippen molar-refractivity contribution in [1.29, 1.82) is 0 Å². The van der Waals surface area contributed by atoms with Crippen molar-refractivity contribution in [1.82, 2.24) is 0 Å². The summed E-state index contributed by atoms with van der Waals surface area (Å²) in [5.74, 6) is 5.16. The van der Waals surface area contributed by atoms with Gasteiger partial charge in [0.1, 0.15) is 0 Å². The van der Waals surface area contributed by atoms with Crippen molar-refractivity contribution < 1.29 is 14.4 Å². The number of hydrogen-bond acceptors (Lipinski definition) is 5. The summed E-state index contributed by atoms with van der Waals surface area (Å²) in [4.78, 5) is 32.7. The first-order chi connectivity index (χ1) is 9.93. The van der Waals surface area contributed by atoms with E-state index in [0.717, 1.165) is 16.8 Å². The molecule has 1 aliphatic heterocycles. The monoisotopic (exact) mass is 307 g/mol. The lowest BCUT2D eigenvalue weighted by atomic mass is 9.99. The second kappa shape index (κ2) is 6.28. The third-order valence-electron chi connectivity index (χ3n) is 3.10. The van der Waals surface area contributed by atoms with Gasteiger partial charge in [-0.2, -0.15) is 5.90 Å². The van der Waals surface area contributed by atoms with Crippen LogP contribution in [0.15, 0.2) is 23.2 Å². The lowest BCUT2D eigenvalue weighted by molar-refractivity contribution is -0.115. The van der Waals surface area contributed by atoms with Gasteiger partial charge in [-0.25, -0.2) is 4.79 Å². The van der Waals surface area contributed by atoms with E-state index >= 15 is 0 Å². The molecule has 0 unspecified atom stereocenters. The Morgan fingerprint density at radius 1 is 1.48 bits per heavy atom. The highest BCUT2D eigenvalue weighted by Crippen LogP contribution is 2.34. The van der Waals surface area contributed by atoms with Gasteiger partial charge >= 0.3 is 6.09 Å². The van der Waals surface area contributed by atoms with Crippen LogP contribution in [0.5, 0.6) is 0 Å². The van der Waals surface area contributed by atoms with Crippen molar-refractivity contribution in [2.75, 3.05) is 10.7 Å². The number of nitrogens with zero attached hydrogens (tertiary/aromatic N) is 2. The van der Waals surface area contributed by atoms with E-state index in [9.17, 15) is 9.59 Å². The van der Waals surface area contributed by atoms with Crippen molar-refractivity contribution in [3.05, 3.63) is 29.3 Å². The minimum Gasteiger partial charge on any atom is -0.355 e. The zero-order valence-electron chi connectivity index (χ0n) is 12.1. The molecule has 0 bridgehead atoms. The molecule has 2 N–H and O–H groups in total. The molecule has 6 nitrogen and oxygen atoms in total. The van der Waals surface area contributed by atoms with E-state index in [1.807, 2.05) is 39.0 Å². The average Bonchev–Trinajstić information content (AvgIpc) is 2.78. The van der Waals surface area contributed by atoms with Gasteiger partial charge in [0.05, 0.1) is 11.4 Å². The van der Waals surface area contributed by atoms with Crippen LogP contribution in [-0.2, 0) is 9.63 Å². The molecule has 21 heavy (non-hydrogen) atoms. The normalized spacial score (nSPS) is 16.9. The van der Waals surface area contributed by atoms with E-state index in [-0.39, 0.29) is 17.6 Å². The number of nitrogens with two attached hydrogens (primary N) is 1. The molecule has 112 valence electrons. The zero-order chi connectivity index (χ0) is 15.6. The smallest absolute Gasteiger partial charge is 0.355 e. The van der Waals surface area contributed by atoms with E-state index in [1.165, 1.54) is 16.7 Å². The largest absolute Gasteiger partial charge is 0.454 e. The van der Waals surface area contributed by atoms with Crippen LogP contribution in [0.4, 0.5) is 10.5 Å². The summed E-state index contributed by atoms with van der Waals surface area (Å²) in [7, 11) is 0. The first-order valence-corrected chi connectivity index (χ1v) is 7.48. The number of anilines is 1. The lowest BCUT2D eigenvalue weighted by Crippen LogP contribution is -2.31. The number of amidine groups is 1. The molecular formula is C14H17N3O3S. The first kappa shape index (κ1) is 15.5. The quantitative estimate of drug-likeness (QED) is 0.849. The Bertz CT molecular complexity index is 613. The van der Waals surface area contributed by atoms with Gasteiger partial charge in [-0.3, -0.25) is 9.69 Å². The maximum Gasteiger partial charge on any atom is 0.454 e. The van der Waals surface area contributed by atoms with Gasteiger partial charge in [-0.05, 0) is 30.0 Å². The summed E-state index contributed by atoms with van der Waals surface area (Å²) < 4.78 is 0. The number of hydrogen-bond donors (Lipinski definition) is 1. The molecule has 2 amide bonds. The standard InChI is InChI=1S/C14H17N3O3S/c1-8(2)10-5-4-9(3)6-11(10)17-12(18)7-21-13(17)16-14(19)20-15/h4-6,8H,7,15H2,1-3H3. The van der Waals surface area contributed by atoms with Gasteiger partial charge in [0.25, 0.3) is 0 Å². The molecule has 0 saturated carbocycles. The molecule has 1 aromatic rings. The van der Waals surface area contributed by atoms with Gasteiger partial charge in [0.15, 0.2) is 5.17 Å². The van der Waals surface area contributed by atoms with E-state index < -0.39 is 6.09 Å². The summed E-state index contributed by atoms with van der Waals surface area (Å²) >= 11 is 1.19. The number of amides is 2. The zero-order valence-corrected chi connectivity index (χ0v) is 12.9. The number of carbonyl (C=O) groups excluding carboxylic acids is 2. The highest BCUT2D eigenvalue weighted by Gasteiger charge is 2.32. The highest BCUT2D eigenvalue weighted by atomic mass is 32.2. The maximum absolute atomic E-state index is 12.2. The SMILES string of the molecule is Cc1ccc(C(C)C)c(N2C(=O)CSC2=NC(=O)ON)c1. The topological polar surface area (TPSA) is 85.0 Å². The summed E-state index contributed by atoms with van der Waals surface area (Å²) in [5.41, 5.74) is 2.80. The van der Waals surface area contributed by atoms with Crippen molar-refractivity contribution in [2.24, 2.45) is 10.9 Å². The third-order valence-corrected chi connectivity index (χ3v) is 4.03. The lowest BCUT2D eigenvalue weighted by Gasteiger charge is -2.22. The number of thioether (sulfide) groups is 1. The molecule has 0 atom stereocenters. The predicted molar refractivity (Wildman–Crippen MR) is 83.3 cm³/mol. The molecule has 1 aliphatic rings. The predicted octanol–water partition coefficient (Wildman–Crippen LogP) is 2.56. The van der Waals surface area contributed by atoms with E-state index in [0.29, 0.717) is 5.17 Å². The van der Waals surface area contributed by atoms with Crippen LogP contribution >= 0.6 is 11.8 Å². The highest BCUT2D eigenvalue weighted by molar-refractivity contribution is 8.15. The van der Waals surface area contributed by atoms with Crippen LogP contribution in [0.2, 0.25) is 0 Å². The van der Waals surface area contributed by atoms with Crippen molar-refractivity contribution in [2.45, 2.75) is 26.7 Å². The molecule has 0 radical (unpaired) electrons. The second-order valence-electron chi connectivity index (χ2n) is 5.01. The molecular weight excluding hydrogens is 290 g/mol. The Morgan fingerprint density at radius 2 is 2.19 bits per heavy atom. The molecule has 1 saturated heterocycles. The van der Waals surface area contributed by atoms with Gasteiger partial charge in [0, 0.05) is 0 Å². The molecule has 7 heteroatoms. The minimum absolute atomic E-state index is 0.115. The number of rotatable bonds is 2. The fraction of sp³-hybridized carbons (Fsp3) is 0.357. The number of aliphatic imine (C=N–C) groups is 1. The van der Waals surface area contributed by atoms with Gasteiger partial charge in [-0.15, -0.1) is 4.99 Å². The van der Waals surface area contributed by atoms with E-state index in [4.69, 9.17) is 5.90 Å². The fourth-order valence-corrected chi connectivity index (χ4v) is 2.97. The number of carbonyl (C=O) groups is 2. The van der Waals surface area contributed by atoms with E-state index in [1.54, 1.807) is 0 Å². The van der Waals surface area contributed by atoms with Crippen LogP contribution < -0.4 is 10.8 Å². The third kappa shape index (κ3) is 3.25. The van der Waals surface area contributed by atoms with Crippen LogP contribution in [0, 0.1) is 6.92 Å². The van der Waals surface area contributed by atoms with Crippen molar-refractivity contribution >= 4 is 34.6 Å². The molecule has 0 aromatic heterocycles. The van der Waals surface area contributed by atoms with E-state index in [2.05, 4.69) is 9.83 Å². The second-order valence-corrected chi connectivity index (χ2v) is 5.96. The Hall–Kier alpha value is -1.86. The summed E-state index contributed by atoms with van der Waals surface area (Å²) in [6, 6.07) is 5.91. The van der Waals surface area contributed by atoms with Crippen molar-refractivity contribution in [3.63, 3.8) is 0 Å². The molecule has 0 spiro atoms. The summed E-state index contributed by atoms with van der Waals surface area (Å²) in [6.07, 6.45) is -0.920. The fourth-order valence-electron chi connectivity index (χ4n) is 2.12. The maximum atomic E-state index is 12.2. The van der Waals surface area contributed by atoms with Crippen LogP contribution in [0.1, 0.15) is 30.9 Å². The Morgan fingerprint density at radius 3 is 2.81 bits per heavy atom. The minimum atomic E-state index is -0.920. The Balaban J connectivity index is 2.52. The van der Waals surface area contributed by atoms with Crippen LogP contribution in [-0.4, -0.2) is 22.9 Å². The molecule has 2 rings (SSSR count). The van der Waals surface area contributed by atoms with Gasteiger partial charge in [-0.1, -0.05) is 37.7 Å². The first-order valence-electron chi connectivity index (χ1n) is 6.49. The molecule has 1 aromatic carbocycles. The number of aryl methyl sites for hydroxylation is 1. The van der Waals surface area contributed by atoms with Gasteiger partial charge < -0.3 is 4.84 Å². The molecule has 0 aliphatic carbocycles. The summed E-state index contributed by atoms with van der Waals surface area (Å²) in [5, 5.41) is 0.294. The Labute approximate surface area is 127 Å².